The summed E-state index contributed by atoms with van der Waals surface area (Å²) in [6.07, 6.45) is 1.78. The van der Waals surface area contributed by atoms with E-state index in [4.69, 9.17) is 21.7 Å². The van der Waals surface area contributed by atoms with Crippen molar-refractivity contribution in [3.8, 4) is 11.5 Å². The number of methoxy groups -OCH3 is 1. The Morgan fingerprint density at radius 1 is 1.15 bits per heavy atom. The molecular formula is C25H19BrFNO3S2. The van der Waals surface area contributed by atoms with Gasteiger partial charge in [-0.05, 0) is 82.0 Å². The van der Waals surface area contributed by atoms with Gasteiger partial charge < -0.3 is 9.47 Å². The van der Waals surface area contributed by atoms with E-state index in [9.17, 15) is 9.18 Å². The summed E-state index contributed by atoms with van der Waals surface area (Å²) in [5.41, 5.74) is 3.39. The number of nitrogens with zero attached hydrogens (tertiary/aromatic N) is 1. The van der Waals surface area contributed by atoms with Crippen molar-refractivity contribution in [2.75, 3.05) is 12.0 Å². The number of carbonyl (C=O) groups is 1. The average Bonchev–Trinajstić information content (AvgIpc) is 3.06. The molecule has 0 aromatic heterocycles. The monoisotopic (exact) mass is 543 g/mol. The van der Waals surface area contributed by atoms with Gasteiger partial charge in [0.25, 0.3) is 5.91 Å². The minimum absolute atomic E-state index is 0.165. The van der Waals surface area contributed by atoms with E-state index in [1.807, 2.05) is 37.3 Å². The highest BCUT2D eigenvalue weighted by Crippen LogP contribution is 2.40. The maximum absolute atomic E-state index is 13.1. The van der Waals surface area contributed by atoms with Crippen LogP contribution >= 0.6 is 39.9 Å². The van der Waals surface area contributed by atoms with Crippen molar-refractivity contribution in [2.45, 2.75) is 13.5 Å². The molecule has 4 rings (SSSR count). The predicted molar refractivity (Wildman–Crippen MR) is 138 cm³/mol. The lowest BCUT2D eigenvalue weighted by Gasteiger charge is -2.15. The van der Waals surface area contributed by atoms with Crippen LogP contribution in [0.1, 0.15) is 16.7 Å². The van der Waals surface area contributed by atoms with E-state index in [1.165, 1.54) is 23.9 Å². The van der Waals surface area contributed by atoms with E-state index in [-0.39, 0.29) is 18.3 Å². The molecule has 0 atom stereocenters. The van der Waals surface area contributed by atoms with Crippen LogP contribution in [0.4, 0.5) is 10.1 Å². The minimum Gasteiger partial charge on any atom is -0.493 e. The van der Waals surface area contributed by atoms with Gasteiger partial charge in [0, 0.05) is 0 Å². The first kappa shape index (κ1) is 23.5. The molecule has 0 aliphatic carbocycles. The Hall–Kier alpha value is -2.68. The van der Waals surface area contributed by atoms with Gasteiger partial charge in [0.05, 0.1) is 22.2 Å². The van der Waals surface area contributed by atoms with Gasteiger partial charge in [0.2, 0.25) is 0 Å². The zero-order valence-electron chi connectivity index (χ0n) is 17.8. The highest BCUT2D eigenvalue weighted by atomic mass is 79.9. The Morgan fingerprint density at radius 3 is 2.61 bits per heavy atom. The SMILES string of the molecule is COc1cc(/C=C2\SC(=S)N(c3cccc(C)c3)C2=O)cc(Br)c1OCc1ccc(F)cc1. The normalized spacial score (nSPS) is 14.8. The lowest BCUT2D eigenvalue weighted by Crippen LogP contribution is -2.27. The number of halogens is 2. The van der Waals surface area contributed by atoms with Crippen LogP contribution in [0.3, 0.4) is 0 Å². The van der Waals surface area contributed by atoms with Crippen LogP contribution in [-0.2, 0) is 11.4 Å². The molecule has 1 aliphatic rings. The van der Waals surface area contributed by atoms with Crippen LogP contribution in [-0.4, -0.2) is 17.3 Å². The molecule has 0 radical (unpaired) electrons. The molecule has 0 unspecified atom stereocenters. The van der Waals surface area contributed by atoms with Gasteiger partial charge in [-0.2, -0.15) is 0 Å². The fourth-order valence-electron chi connectivity index (χ4n) is 3.31. The zero-order chi connectivity index (χ0) is 23.5. The molecule has 0 saturated carbocycles. The fraction of sp³-hybridized carbons (Fsp3) is 0.120. The van der Waals surface area contributed by atoms with E-state index >= 15 is 0 Å². The number of ether oxygens (including phenoxy) is 2. The number of amides is 1. The summed E-state index contributed by atoms with van der Waals surface area (Å²) in [6.45, 7) is 2.23. The first-order valence-electron chi connectivity index (χ1n) is 9.95. The van der Waals surface area contributed by atoms with E-state index < -0.39 is 0 Å². The van der Waals surface area contributed by atoms with E-state index in [0.717, 1.165) is 22.4 Å². The lowest BCUT2D eigenvalue weighted by molar-refractivity contribution is -0.113. The molecule has 0 N–H and O–H groups in total. The fourth-order valence-corrected chi connectivity index (χ4v) is 5.18. The Balaban J connectivity index is 1.58. The van der Waals surface area contributed by atoms with Crippen molar-refractivity contribution in [1.82, 2.24) is 0 Å². The third kappa shape index (κ3) is 5.29. The molecule has 0 spiro atoms. The van der Waals surface area contributed by atoms with Crippen molar-refractivity contribution in [2.24, 2.45) is 0 Å². The van der Waals surface area contributed by atoms with Crippen molar-refractivity contribution < 1.29 is 18.7 Å². The molecular weight excluding hydrogens is 525 g/mol. The van der Waals surface area contributed by atoms with Crippen molar-refractivity contribution >= 4 is 61.9 Å². The molecule has 8 heteroatoms. The van der Waals surface area contributed by atoms with Gasteiger partial charge in [-0.1, -0.05) is 48.2 Å². The zero-order valence-corrected chi connectivity index (χ0v) is 21.0. The van der Waals surface area contributed by atoms with Gasteiger partial charge in [-0.25, -0.2) is 4.39 Å². The number of hydrogen-bond acceptors (Lipinski definition) is 5. The summed E-state index contributed by atoms with van der Waals surface area (Å²) >= 11 is 10.3. The minimum atomic E-state index is -0.297. The summed E-state index contributed by atoms with van der Waals surface area (Å²) < 4.78 is 25.7. The Bertz CT molecular complexity index is 1260. The summed E-state index contributed by atoms with van der Waals surface area (Å²) in [4.78, 5) is 15.1. The van der Waals surface area contributed by atoms with Crippen LogP contribution in [0.2, 0.25) is 0 Å². The Morgan fingerprint density at radius 2 is 1.91 bits per heavy atom. The quantitative estimate of drug-likeness (QED) is 0.250. The topological polar surface area (TPSA) is 38.8 Å². The molecule has 3 aromatic carbocycles. The van der Waals surface area contributed by atoms with E-state index in [2.05, 4.69) is 15.9 Å². The van der Waals surface area contributed by atoms with Crippen molar-refractivity contribution in [3.05, 3.63) is 92.5 Å². The summed E-state index contributed by atoms with van der Waals surface area (Å²) in [7, 11) is 1.55. The third-order valence-electron chi connectivity index (χ3n) is 4.90. The first-order valence-corrected chi connectivity index (χ1v) is 12.0. The number of anilines is 1. The number of hydrogen-bond donors (Lipinski definition) is 0. The van der Waals surface area contributed by atoms with Gasteiger partial charge in [0.15, 0.2) is 15.8 Å². The molecule has 4 nitrogen and oxygen atoms in total. The largest absolute Gasteiger partial charge is 0.493 e. The second-order valence-corrected chi connectivity index (χ2v) is 9.84. The van der Waals surface area contributed by atoms with Gasteiger partial charge in [-0.3, -0.25) is 9.69 Å². The summed E-state index contributed by atoms with van der Waals surface area (Å²) in [5, 5.41) is 0. The Kier molecular flexibility index (Phi) is 7.17. The van der Waals surface area contributed by atoms with E-state index in [1.54, 1.807) is 36.3 Å². The highest BCUT2D eigenvalue weighted by molar-refractivity contribution is 9.10. The van der Waals surface area contributed by atoms with Crippen molar-refractivity contribution in [1.29, 1.82) is 0 Å². The number of thiocarbonyl (C=S) groups is 1. The lowest BCUT2D eigenvalue weighted by atomic mass is 10.1. The van der Waals surface area contributed by atoms with Crippen LogP contribution < -0.4 is 14.4 Å². The molecule has 0 bridgehead atoms. The average molecular weight is 544 g/mol. The summed E-state index contributed by atoms with van der Waals surface area (Å²) in [5.74, 6) is 0.565. The van der Waals surface area contributed by atoms with E-state index in [0.29, 0.717) is 25.2 Å². The predicted octanol–water partition coefficient (Wildman–Crippen LogP) is 6.89. The summed E-state index contributed by atoms with van der Waals surface area (Å²) in [6, 6.07) is 17.4. The molecule has 3 aromatic rings. The number of aryl methyl sites for hydroxylation is 1. The molecule has 168 valence electrons. The van der Waals surface area contributed by atoms with Crippen LogP contribution in [0, 0.1) is 12.7 Å². The van der Waals surface area contributed by atoms with Gasteiger partial charge in [-0.15, -0.1) is 0 Å². The highest BCUT2D eigenvalue weighted by Gasteiger charge is 2.33. The van der Waals surface area contributed by atoms with Gasteiger partial charge in [0.1, 0.15) is 12.4 Å². The van der Waals surface area contributed by atoms with Crippen molar-refractivity contribution in [3.63, 3.8) is 0 Å². The van der Waals surface area contributed by atoms with Crippen LogP contribution in [0.15, 0.2) is 70.0 Å². The maximum atomic E-state index is 13.1. The second kappa shape index (κ2) is 10.1. The number of carbonyl (C=O) groups excluding carboxylic acids is 1. The standard InChI is InChI=1S/C25H19BrFNO3S2/c1-15-4-3-5-19(10-15)28-24(29)22(33-25(28)32)13-17-11-20(26)23(21(12-17)30-2)31-14-16-6-8-18(27)9-7-16/h3-13H,14H2,1-2H3/b22-13-. The number of rotatable bonds is 6. The number of benzene rings is 3. The molecule has 1 fully saturated rings. The Labute approximate surface area is 209 Å². The molecule has 1 aliphatic heterocycles. The molecule has 1 saturated heterocycles. The van der Waals surface area contributed by atoms with Crippen LogP contribution in [0.25, 0.3) is 6.08 Å². The smallest absolute Gasteiger partial charge is 0.270 e. The maximum Gasteiger partial charge on any atom is 0.270 e. The number of thioether (sulfide) groups is 1. The first-order chi connectivity index (χ1) is 15.9. The third-order valence-corrected chi connectivity index (χ3v) is 6.79. The molecule has 33 heavy (non-hydrogen) atoms. The second-order valence-electron chi connectivity index (χ2n) is 7.31. The van der Waals surface area contributed by atoms with Crippen LogP contribution in [0.5, 0.6) is 11.5 Å². The van der Waals surface area contributed by atoms with Gasteiger partial charge >= 0.3 is 0 Å². The molecule has 1 heterocycles. The molecule has 1 amide bonds.